The number of hydrogen-bond acceptors (Lipinski definition) is 3. The van der Waals surface area contributed by atoms with Gasteiger partial charge in [0, 0.05) is 29.4 Å². The van der Waals surface area contributed by atoms with Gasteiger partial charge in [-0.2, -0.15) is 0 Å². The minimum atomic E-state index is -1.25. The molecule has 0 amide bonds. The van der Waals surface area contributed by atoms with E-state index in [9.17, 15) is 5.11 Å². The van der Waals surface area contributed by atoms with Crippen LogP contribution in [0.2, 0.25) is 0 Å². The molecular formula is C28H26N2O2S. The highest BCUT2D eigenvalue weighted by atomic mass is 32.1. The van der Waals surface area contributed by atoms with Gasteiger partial charge in [-0.05, 0) is 41.5 Å². The number of nitrogens with one attached hydrogen (secondary N) is 2. The summed E-state index contributed by atoms with van der Waals surface area (Å²) in [6.45, 7) is 0. The first kappa shape index (κ1) is 22.5. The third-order valence-corrected chi connectivity index (χ3v) is 5.71. The first-order valence-corrected chi connectivity index (χ1v) is 11.1. The Hall–Kier alpha value is -3.67. The lowest BCUT2D eigenvalue weighted by molar-refractivity contribution is 0.0819. The van der Waals surface area contributed by atoms with Crippen LogP contribution >= 0.6 is 12.2 Å². The van der Waals surface area contributed by atoms with Crippen LogP contribution in [0.3, 0.4) is 0 Å². The molecule has 0 aliphatic heterocycles. The van der Waals surface area contributed by atoms with Gasteiger partial charge in [0.05, 0.1) is 7.11 Å². The van der Waals surface area contributed by atoms with E-state index < -0.39 is 5.60 Å². The van der Waals surface area contributed by atoms with Gasteiger partial charge in [0.1, 0.15) is 11.4 Å². The van der Waals surface area contributed by atoms with E-state index in [1.54, 1.807) is 7.11 Å². The molecule has 0 fully saturated rings. The molecule has 0 aliphatic rings. The molecule has 5 heteroatoms. The minimum Gasteiger partial charge on any atom is -0.497 e. The molecule has 33 heavy (non-hydrogen) atoms. The van der Waals surface area contributed by atoms with Crippen LogP contribution in [0.5, 0.6) is 5.75 Å². The molecule has 0 heterocycles. The number of methoxy groups -OCH3 is 1. The van der Waals surface area contributed by atoms with Crippen molar-refractivity contribution in [3.63, 3.8) is 0 Å². The van der Waals surface area contributed by atoms with Crippen LogP contribution in [0.4, 0.5) is 11.4 Å². The maximum Gasteiger partial charge on any atom is 0.175 e. The molecule has 0 radical (unpaired) electrons. The third-order valence-electron chi connectivity index (χ3n) is 5.50. The van der Waals surface area contributed by atoms with E-state index in [0.29, 0.717) is 11.5 Å². The van der Waals surface area contributed by atoms with Gasteiger partial charge in [-0.25, -0.2) is 0 Å². The number of hydrogen-bond donors (Lipinski definition) is 3. The number of aliphatic hydroxyl groups is 1. The molecule has 1 unspecified atom stereocenters. The highest BCUT2D eigenvalue weighted by molar-refractivity contribution is 7.80. The van der Waals surface area contributed by atoms with Crippen molar-refractivity contribution < 1.29 is 9.84 Å². The van der Waals surface area contributed by atoms with E-state index >= 15 is 0 Å². The molecule has 0 aliphatic carbocycles. The number of ether oxygens (including phenoxy) is 1. The van der Waals surface area contributed by atoms with Gasteiger partial charge < -0.3 is 20.5 Å². The van der Waals surface area contributed by atoms with Gasteiger partial charge in [-0.15, -0.1) is 0 Å². The maximum atomic E-state index is 12.1. The summed E-state index contributed by atoms with van der Waals surface area (Å²) in [5.41, 5.74) is 2.89. The van der Waals surface area contributed by atoms with Crippen molar-refractivity contribution in [1.82, 2.24) is 0 Å². The highest BCUT2D eigenvalue weighted by Crippen LogP contribution is 2.37. The molecule has 1 atom stereocenters. The van der Waals surface area contributed by atoms with Crippen molar-refractivity contribution in [3.8, 4) is 5.75 Å². The van der Waals surface area contributed by atoms with Gasteiger partial charge >= 0.3 is 0 Å². The first-order valence-electron chi connectivity index (χ1n) is 10.7. The molecule has 0 saturated heterocycles. The summed E-state index contributed by atoms with van der Waals surface area (Å²) in [4.78, 5) is 0. The molecule has 0 bridgehead atoms. The topological polar surface area (TPSA) is 53.5 Å². The van der Waals surface area contributed by atoms with Gasteiger partial charge in [-0.3, -0.25) is 0 Å². The minimum absolute atomic E-state index is 0.422. The monoisotopic (exact) mass is 454 g/mol. The number of thiocarbonyl (C=S) groups is 1. The zero-order valence-electron chi connectivity index (χ0n) is 18.4. The summed E-state index contributed by atoms with van der Waals surface area (Å²) >= 11 is 5.58. The fourth-order valence-corrected chi connectivity index (χ4v) is 4.12. The lowest BCUT2D eigenvalue weighted by Gasteiger charge is -2.32. The molecule has 0 saturated carbocycles. The Kier molecular flexibility index (Phi) is 7.03. The lowest BCUT2D eigenvalue weighted by atomic mass is 9.80. The molecule has 4 nitrogen and oxygen atoms in total. The van der Waals surface area contributed by atoms with Gasteiger partial charge in [-0.1, -0.05) is 84.9 Å². The predicted molar refractivity (Wildman–Crippen MR) is 139 cm³/mol. The second-order valence-corrected chi connectivity index (χ2v) is 8.15. The average Bonchev–Trinajstić information content (AvgIpc) is 2.85. The third kappa shape index (κ3) is 5.40. The summed E-state index contributed by atoms with van der Waals surface area (Å²) < 4.78 is 5.29. The molecule has 0 aromatic heterocycles. The van der Waals surface area contributed by atoms with Crippen molar-refractivity contribution in [2.24, 2.45) is 0 Å². The maximum absolute atomic E-state index is 12.1. The van der Waals surface area contributed by atoms with Gasteiger partial charge in [0.2, 0.25) is 0 Å². The predicted octanol–water partition coefficient (Wildman–Crippen LogP) is 5.98. The van der Waals surface area contributed by atoms with E-state index in [0.717, 1.165) is 33.8 Å². The molecular weight excluding hydrogens is 428 g/mol. The van der Waals surface area contributed by atoms with E-state index in [1.165, 1.54) is 0 Å². The Morgan fingerprint density at radius 3 is 2.21 bits per heavy atom. The first-order chi connectivity index (χ1) is 16.1. The van der Waals surface area contributed by atoms with Crippen LogP contribution in [0.1, 0.15) is 16.7 Å². The normalized spacial score (nSPS) is 12.4. The van der Waals surface area contributed by atoms with Crippen LogP contribution in [-0.2, 0) is 12.0 Å². The second kappa shape index (κ2) is 10.3. The summed E-state index contributed by atoms with van der Waals surface area (Å²) in [6.07, 6.45) is 0.423. The van der Waals surface area contributed by atoms with Crippen LogP contribution in [-0.4, -0.2) is 17.3 Å². The van der Waals surface area contributed by atoms with Crippen LogP contribution in [0, 0.1) is 0 Å². The number of anilines is 2. The largest absolute Gasteiger partial charge is 0.497 e. The summed E-state index contributed by atoms with van der Waals surface area (Å²) in [6, 6.07) is 35.0. The summed E-state index contributed by atoms with van der Waals surface area (Å²) in [5.74, 6) is 0.740. The Balaban J connectivity index is 1.67. The fourth-order valence-electron chi connectivity index (χ4n) is 3.90. The smallest absolute Gasteiger partial charge is 0.175 e. The van der Waals surface area contributed by atoms with Gasteiger partial charge in [0.15, 0.2) is 5.11 Å². The molecule has 0 spiro atoms. The Labute approximate surface area is 199 Å². The number of rotatable bonds is 7. The van der Waals surface area contributed by atoms with Crippen LogP contribution < -0.4 is 15.4 Å². The van der Waals surface area contributed by atoms with Gasteiger partial charge in [0.25, 0.3) is 0 Å². The van der Waals surface area contributed by atoms with Crippen LogP contribution in [0.25, 0.3) is 0 Å². The van der Waals surface area contributed by atoms with Crippen molar-refractivity contribution >= 4 is 28.7 Å². The highest BCUT2D eigenvalue weighted by Gasteiger charge is 2.34. The zero-order valence-corrected chi connectivity index (χ0v) is 19.2. The fraction of sp³-hybridized carbons (Fsp3) is 0.107. The zero-order chi connectivity index (χ0) is 23.1. The second-order valence-electron chi connectivity index (χ2n) is 7.75. The standard InChI is InChI=1S/C28H26N2O2S/c1-32-24-16-10-15-23(19-24)29-27(33)30-26-18-9-8-17-25(26)28(31,22-13-6-3-7-14-22)20-21-11-4-2-5-12-21/h2-19,31H,20H2,1H3,(H2,29,30,33). The van der Waals surface area contributed by atoms with E-state index in [-0.39, 0.29) is 0 Å². The Bertz CT molecular complexity index is 1210. The van der Waals surface area contributed by atoms with Crippen molar-refractivity contribution in [2.45, 2.75) is 12.0 Å². The van der Waals surface area contributed by atoms with Crippen molar-refractivity contribution in [3.05, 3.63) is 126 Å². The Morgan fingerprint density at radius 2 is 1.48 bits per heavy atom. The number of benzene rings is 4. The molecule has 3 N–H and O–H groups in total. The molecule has 4 rings (SSSR count). The molecule has 4 aromatic carbocycles. The Morgan fingerprint density at radius 1 is 0.818 bits per heavy atom. The average molecular weight is 455 g/mol. The summed E-state index contributed by atoms with van der Waals surface area (Å²) in [7, 11) is 1.63. The molecule has 166 valence electrons. The van der Waals surface area contributed by atoms with Crippen molar-refractivity contribution in [2.75, 3.05) is 17.7 Å². The quantitative estimate of drug-likeness (QED) is 0.300. The van der Waals surface area contributed by atoms with Crippen LogP contribution in [0.15, 0.2) is 109 Å². The SMILES string of the molecule is COc1cccc(NC(=S)Nc2ccccc2C(O)(Cc2ccccc2)c2ccccc2)c1. The number of para-hydroxylation sites is 1. The van der Waals surface area contributed by atoms with E-state index in [1.807, 2.05) is 109 Å². The van der Waals surface area contributed by atoms with E-state index in [2.05, 4.69) is 10.6 Å². The molecule has 4 aromatic rings. The van der Waals surface area contributed by atoms with Crippen molar-refractivity contribution in [1.29, 1.82) is 0 Å². The van der Waals surface area contributed by atoms with E-state index in [4.69, 9.17) is 17.0 Å². The summed E-state index contributed by atoms with van der Waals surface area (Å²) in [5, 5.41) is 19.0. The lowest BCUT2D eigenvalue weighted by Crippen LogP contribution is -2.32.